The van der Waals surface area contributed by atoms with Crippen LogP contribution in [-0.2, 0) is 6.18 Å². The molecule has 1 aromatic heterocycles. The van der Waals surface area contributed by atoms with Crippen LogP contribution in [0.4, 0.5) is 18.9 Å². The molecule has 7 nitrogen and oxygen atoms in total. The van der Waals surface area contributed by atoms with E-state index in [0.29, 0.717) is 11.3 Å². The molecule has 10 heteroatoms. The van der Waals surface area contributed by atoms with Gasteiger partial charge in [0.15, 0.2) is 11.4 Å². The number of carbonyl (C=O) groups excluding carboxylic acids is 2. The Balaban J connectivity index is 1.86. The summed E-state index contributed by atoms with van der Waals surface area (Å²) in [6.07, 6.45) is -3.19. The number of nitrogens with zero attached hydrogens (tertiary/aromatic N) is 2. The third-order valence-electron chi connectivity index (χ3n) is 4.19. The fourth-order valence-corrected chi connectivity index (χ4v) is 2.66. The van der Waals surface area contributed by atoms with Crippen LogP contribution in [-0.4, -0.2) is 35.8 Å². The van der Waals surface area contributed by atoms with Crippen molar-refractivity contribution in [1.29, 1.82) is 0 Å². The molecule has 0 radical (unpaired) electrons. The SMILES string of the molecule is CNC(=O)c1ccc(NC(=O)c2nn(-c3cccc(C(F)(F)F)c3)cc2OC)cc1. The van der Waals surface area contributed by atoms with Crippen molar-refractivity contribution in [2.45, 2.75) is 6.18 Å². The summed E-state index contributed by atoms with van der Waals surface area (Å²) in [6, 6.07) is 10.7. The van der Waals surface area contributed by atoms with Gasteiger partial charge in [0.05, 0.1) is 24.6 Å². The largest absolute Gasteiger partial charge is 0.493 e. The molecule has 0 aliphatic heterocycles. The minimum atomic E-state index is -4.51. The molecule has 3 aromatic rings. The Labute approximate surface area is 169 Å². The second-order valence-electron chi connectivity index (χ2n) is 6.15. The van der Waals surface area contributed by atoms with Gasteiger partial charge in [-0.05, 0) is 42.5 Å². The van der Waals surface area contributed by atoms with Crippen molar-refractivity contribution in [3.63, 3.8) is 0 Å². The molecule has 2 N–H and O–H groups in total. The maximum atomic E-state index is 13.0. The van der Waals surface area contributed by atoms with E-state index in [0.717, 1.165) is 16.8 Å². The molecule has 0 saturated heterocycles. The number of aromatic nitrogens is 2. The highest BCUT2D eigenvalue weighted by Gasteiger charge is 2.30. The molecule has 0 atom stereocenters. The molecule has 0 aliphatic rings. The van der Waals surface area contributed by atoms with Crippen molar-refractivity contribution < 1.29 is 27.5 Å². The number of carbonyl (C=O) groups is 2. The first-order valence-electron chi connectivity index (χ1n) is 8.67. The van der Waals surface area contributed by atoms with Crippen molar-refractivity contribution in [3.8, 4) is 11.4 Å². The fraction of sp³-hybridized carbons (Fsp3) is 0.150. The van der Waals surface area contributed by atoms with E-state index in [1.165, 1.54) is 44.6 Å². The number of hydrogen-bond donors (Lipinski definition) is 2. The van der Waals surface area contributed by atoms with Gasteiger partial charge < -0.3 is 15.4 Å². The van der Waals surface area contributed by atoms with Crippen molar-refractivity contribution in [2.24, 2.45) is 0 Å². The number of benzene rings is 2. The van der Waals surface area contributed by atoms with Crippen LogP contribution in [0.25, 0.3) is 5.69 Å². The summed E-state index contributed by atoms with van der Waals surface area (Å²) in [7, 11) is 2.83. The second kappa shape index (κ2) is 8.27. The van der Waals surface area contributed by atoms with Crippen LogP contribution in [0, 0.1) is 0 Å². The van der Waals surface area contributed by atoms with Crippen LogP contribution in [0.3, 0.4) is 0 Å². The average molecular weight is 418 g/mol. The monoisotopic (exact) mass is 418 g/mol. The topological polar surface area (TPSA) is 85.3 Å². The van der Waals surface area contributed by atoms with Crippen LogP contribution in [0.1, 0.15) is 26.4 Å². The number of halogens is 3. The molecule has 1 heterocycles. The first-order valence-corrected chi connectivity index (χ1v) is 8.67. The quantitative estimate of drug-likeness (QED) is 0.664. The summed E-state index contributed by atoms with van der Waals surface area (Å²) in [5.41, 5.74) is 0.00398. The minimum absolute atomic E-state index is 0.0897. The Kier molecular flexibility index (Phi) is 5.77. The summed E-state index contributed by atoms with van der Waals surface area (Å²) >= 11 is 0. The third-order valence-corrected chi connectivity index (χ3v) is 4.19. The van der Waals surface area contributed by atoms with Crippen molar-refractivity contribution in [3.05, 3.63) is 71.5 Å². The van der Waals surface area contributed by atoms with Gasteiger partial charge in [0, 0.05) is 18.3 Å². The molecule has 0 bridgehead atoms. The summed E-state index contributed by atoms with van der Waals surface area (Å²) in [6.45, 7) is 0. The molecule has 0 unspecified atom stereocenters. The number of methoxy groups -OCH3 is 1. The second-order valence-corrected chi connectivity index (χ2v) is 6.15. The number of rotatable bonds is 5. The number of ether oxygens (including phenoxy) is 1. The highest BCUT2D eigenvalue weighted by Crippen LogP contribution is 2.31. The number of alkyl halides is 3. The van der Waals surface area contributed by atoms with E-state index in [1.54, 1.807) is 12.1 Å². The number of anilines is 1. The van der Waals surface area contributed by atoms with Gasteiger partial charge in [-0.1, -0.05) is 6.07 Å². The summed E-state index contributed by atoms with van der Waals surface area (Å²) in [5.74, 6) is -0.800. The van der Waals surface area contributed by atoms with Gasteiger partial charge in [-0.15, -0.1) is 0 Å². The van der Waals surface area contributed by atoms with E-state index in [9.17, 15) is 22.8 Å². The first kappa shape index (κ1) is 20.9. The molecule has 0 spiro atoms. The van der Waals surface area contributed by atoms with Gasteiger partial charge in [-0.2, -0.15) is 18.3 Å². The van der Waals surface area contributed by atoms with Crippen LogP contribution < -0.4 is 15.4 Å². The van der Waals surface area contributed by atoms with Gasteiger partial charge in [-0.25, -0.2) is 4.68 Å². The highest BCUT2D eigenvalue weighted by molar-refractivity contribution is 6.05. The first-order chi connectivity index (χ1) is 14.2. The van der Waals surface area contributed by atoms with Gasteiger partial charge in [0.2, 0.25) is 0 Å². The van der Waals surface area contributed by atoms with Crippen LogP contribution >= 0.6 is 0 Å². The lowest BCUT2D eigenvalue weighted by molar-refractivity contribution is -0.137. The molecular formula is C20H17F3N4O3. The lowest BCUT2D eigenvalue weighted by Crippen LogP contribution is -2.18. The van der Waals surface area contributed by atoms with E-state index in [4.69, 9.17) is 4.74 Å². The predicted octanol–water partition coefficient (Wildman–Crippen LogP) is 3.51. The van der Waals surface area contributed by atoms with Crippen LogP contribution in [0.5, 0.6) is 5.75 Å². The fourth-order valence-electron chi connectivity index (χ4n) is 2.66. The predicted molar refractivity (Wildman–Crippen MR) is 103 cm³/mol. The highest BCUT2D eigenvalue weighted by atomic mass is 19.4. The van der Waals surface area contributed by atoms with Crippen molar-refractivity contribution >= 4 is 17.5 Å². The molecule has 30 heavy (non-hydrogen) atoms. The molecule has 156 valence electrons. The Morgan fingerprint density at radius 2 is 1.77 bits per heavy atom. The molecule has 2 amide bonds. The van der Waals surface area contributed by atoms with Crippen LogP contribution in [0.15, 0.2) is 54.7 Å². The van der Waals surface area contributed by atoms with Gasteiger partial charge in [0.25, 0.3) is 11.8 Å². The van der Waals surface area contributed by atoms with E-state index in [2.05, 4.69) is 15.7 Å². The van der Waals surface area contributed by atoms with E-state index < -0.39 is 17.6 Å². The molecule has 0 fully saturated rings. The van der Waals surface area contributed by atoms with E-state index in [-0.39, 0.29) is 23.0 Å². The number of amides is 2. The van der Waals surface area contributed by atoms with Crippen LogP contribution in [0.2, 0.25) is 0 Å². The lowest BCUT2D eigenvalue weighted by Gasteiger charge is -2.08. The minimum Gasteiger partial charge on any atom is -0.493 e. The van der Waals surface area contributed by atoms with Crippen molar-refractivity contribution in [2.75, 3.05) is 19.5 Å². The normalized spacial score (nSPS) is 11.1. The number of hydrogen-bond acceptors (Lipinski definition) is 4. The lowest BCUT2D eigenvalue weighted by atomic mass is 10.2. The van der Waals surface area contributed by atoms with Gasteiger partial charge in [0.1, 0.15) is 0 Å². The molecular weight excluding hydrogens is 401 g/mol. The maximum Gasteiger partial charge on any atom is 0.416 e. The summed E-state index contributed by atoms with van der Waals surface area (Å²) in [4.78, 5) is 24.2. The van der Waals surface area contributed by atoms with Crippen molar-refractivity contribution in [1.82, 2.24) is 15.1 Å². The zero-order valence-corrected chi connectivity index (χ0v) is 15.9. The molecule has 3 rings (SSSR count). The standard InChI is InChI=1S/C20H17F3N4O3/c1-24-18(28)12-6-8-14(9-7-12)25-19(29)17-16(30-2)11-27(26-17)15-5-3-4-13(10-15)20(21,22)23/h3-11H,1-2H3,(H,24,28)(H,25,29). The smallest absolute Gasteiger partial charge is 0.416 e. The maximum absolute atomic E-state index is 13.0. The summed E-state index contributed by atoms with van der Waals surface area (Å²) < 4.78 is 45.2. The molecule has 0 aliphatic carbocycles. The zero-order chi connectivity index (χ0) is 21.9. The average Bonchev–Trinajstić information content (AvgIpc) is 3.18. The Morgan fingerprint density at radius 3 is 2.37 bits per heavy atom. The summed E-state index contributed by atoms with van der Waals surface area (Å²) in [5, 5.41) is 9.18. The molecule has 0 saturated carbocycles. The van der Waals surface area contributed by atoms with E-state index >= 15 is 0 Å². The number of nitrogens with one attached hydrogen (secondary N) is 2. The Bertz CT molecular complexity index is 1080. The Morgan fingerprint density at radius 1 is 1.07 bits per heavy atom. The van der Waals surface area contributed by atoms with Gasteiger partial charge >= 0.3 is 6.18 Å². The van der Waals surface area contributed by atoms with E-state index in [1.807, 2.05) is 0 Å². The zero-order valence-electron chi connectivity index (χ0n) is 15.9. The third kappa shape index (κ3) is 4.43. The molecule has 2 aromatic carbocycles. The van der Waals surface area contributed by atoms with Gasteiger partial charge in [-0.3, -0.25) is 9.59 Å². The Hall–Kier alpha value is -3.82.